The molecule has 0 radical (unpaired) electrons. The van der Waals surface area contributed by atoms with Gasteiger partial charge in [0.15, 0.2) is 0 Å². The van der Waals surface area contributed by atoms with Gasteiger partial charge in [-0.15, -0.1) is 0 Å². The van der Waals surface area contributed by atoms with Gasteiger partial charge in [-0.25, -0.2) is 0 Å². The zero-order valence-corrected chi connectivity index (χ0v) is 12.4. The minimum Gasteiger partial charge on any atom is -0.398 e. The lowest BCUT2D eigenvalue weighted by atomic mass is 9.96. The molecule has 0 fully saturated rings. The fraction of sp³-hybridized carbons (Fsp3) is 0.250. The molecule has 0 unspecified atom stereocenters. The van der Waals surface area contributed by atoms with Crippen LogP contribution in [0.1, 0.15) is 22.3 Å². The molecule has 0 atom stereocenters. The van der Waals surface area contributed by atoms with Gasteiger partial charge in [0, 0.05) is 9.26 Å². The third kappa shape index (κ3) is 2.39. The fourth-order valence-electron chi connectivity index (χ4n) is 2.52. The number of nitrogen functional groups attached to an aromatic ring is 1. The second-order valence-corrected chi connectivity index (χ2v) is 6.12. The van der Waals surface area contributed by atoms with Gasteiger partial charge in [0.2, 0.25) is 0 Å². The predicted octanol–water partition coefficient (Wildman–Crippen LogP) is 3.76. The maximum atomic E-state index is 6.16. The Morgan fingerprint density at radius 3 is 1.94 bits per heavy atom. The van der Waals surface area contributed by atoms with Crippen LogP contribution in [0.4, 0.5) is 5.69 Å². The van der Waals surface area contributed by atoms with Crippen molar-refractivity contribution in [3.8, 4) is 0 Å². The molecule has 0 heterocycles. The first-order chi connectivity index (χ1) is 8.72. The van der Waals surface area contributed by atoms with E-state index in [1.165, 1.54) is 25.8 Å². The van der Waals surface area contributed by atoms with E-state index in [4.69, 9.17) is 5.73 Å². The third-order valence-electron chi connectivity index (χ3n) is 3.70. The van der Waals surface area contributed by atoms with E-state index in [1.54, 1.807) is 0 Å². The highest BCUT2D eigenvalue weighted by molar-refractivity contribution is 14.1. The zero-order chi connectivity index (χ0) is 12.5. The highest BCUT2D eigenvalue weighted by atomic mass is 127. The number of aryl methyl sites for hydroxylation is 4. The molecule has 18 heavy (non-hydrogen) atoms. The second kappa shape index (κ2) is 4.92. The summed E-state index contributed by atoms with van der Waals surface area (Å²) in [5, 5.41) is 0. The summed E-state index contributed by atoms with van der Waals surface area (Å²) in [5.41, 5.74) is 12.6. The molecular weight excluding hydrogens is 333 g/mol. The number of rotatable bonds is 0. The van der Waals surface area contributed by atoms with Crippen molar-refractivity contribution >= 4 is 28.3 Å². The summed E-state index contributed by atoms with van der Waals surface area (Å²) in [5.74, 6) is 0. The van der Waals surface area contributed by atoms with E-state index in [-0.39, 0.29) is 0 Å². The van der Waals surface area contributed by atoms with Gasteiger partial charge in [-0.2, -0.15) is 0 Å². The molecule has 2 heteroatoms. The van der Waals surface area contributed by atoms with Gasteiger partial charge >= 0.3 is 0 Å². The topological polar surface area (TPSA) is 26.0 Å². The molecule has 6 rings (SSSR count). The van der Waals surface area contributed by atoms with Gasteiger partial charge in [-0.3, -0.25) is 0 Å². The minimum absolute atomic E-state index is 0.959. The van der Waals surface area contributed by atoms with Gasteiger partial charge in [0.05, 0.1) is 0 Å². The molecule has 0 spiro atoms. The fourth-order valence-corrected chi connectivity index (χ4v) is 3.32. The van der Waals surface area contributed by atoms with Crippen LogP contribution in [-0.4, -0.2) is 0 Å². The number of anilines is 1. The normalized spacial score (nSPS) is 14.3. The quantitative estimate of drug-likeness (QED) is 0.569. The van der Waals surface area contributed by atoms with E-state index in [2.05, 4.69) is 59.0 Å². The van der Waals surface area contributed by atoms with Crippen LogP contribution < -0.4 is 5.73 Å². The molecule has 4 bridgehead atoms. The second-order valence-electron chi connectivity index (χ2n) is 4.96. The van der Waals surface area contributed by atoms with Crippen molar-refractivity contribution in [2.75, 3.05) is 5.73 Å². The largest absolute Gasteiger partial charge is 0.398 e. The predicted molar refractivity (Wildman–Crippen MR) is 84.8 cm³/mol. The summed E-state index contributed by atoms with van der Waals surface area (Å²) in [7, 11) is 0. The van der Waals surface area contributed by atoms with Crippen molar-refractivity contribution in [2.24, 2.45) is 0 Å². The van der Waals surface area contributed by atoms with E-state index >= 15 is 0 Å². The summed E-state index contributed by atoms with van der Waals surface area (Å²) in [4.78, 5) is 0. The van der Waals surface area contributed by atoms with Crippen LogP contribution in [0.2, 0.25) is 0 Å². The lowest BCUT2D eigenvalue weighted by Crippen LogP contribution is -2.03. The Bertz CT molecular complexity index is 520. The molecule has 2 aromatic rings. The molecule has 0 aromatic heterocycles. The standard InChI is InChI=1S/C16H16IN/c17-15-9-14-8-6-12-3-1-11(2-4-12)5-7-13(15)10-16(14)18/h1-4,9-10H,5-8,18H2. The van der Waals surface area contributed by atoms with E-state index < -0.39 is 0 Å². The molecule has 4 aliphatic carbocycles. The van der Waals surface area contributed by atoms with Crippen LogP contribution in [-0.2, 0) is 25.7 Å². The van der Waals surface area contributed by atoms with Crippen LogP contribution in [0.15, 0.2) is 36.4 Å². The Kier molecular flexibility index (Phi) is 3.29. The molecule has 0 saturated carbocycles. The van der Waals surface area contributed by atoms with Crippen molar-refractivity contribution < 1.29 is 0 Å². The van der Waals surface area contributed by atoms with E-state index in [0.29, 0.717) is 0 Å². The molecule has 0 saturated heterocycles. The smallest absolute Gasteiger partial charge is 0.0350 e. The monoisotopic (exact) mass is 349 g/mol. The van der Waals surface area contributed by atoms with Crippen LogP contribution in [0.25, 0.3) is 0 Å². The minimum atomic E-state index is 0.959. The summed E-state index contributed by atoms with van der Waals surface area (Å²) >= 11 is 2.43. The van der Waals surface area contributed by atoms with Gasteiger partial charge in [-0.05, 0) is 82.7 Å². The molecular formula is C16H16IN. The maximum absolute atomic E-state index is 6.16. The lowest BCUT2D eigenvalue weighted by molar-refractivity contribution is 0.918. The van der Waals surface area contributed by atoms with E-state index in [0.717, 1.165) is 31.4 Å². The number of hydrogen-bond donors (Lipinski definition) is 1. The molecule has 92 valence electrons. The first-order valence-corrected chi connectivity index (χ1v) is 7.45. The van der Waals surface area contributed by atoms with Gasteiger partial charge in [0.25, 0.3) is 0 Å². The molecule has 0 aliphatic heterocycles. The van der Waals surface area contributed by atoms with Gasteiger partial charge in [-0.1, -0.05) is 24.3 Å². The highest BCUT2D eigenvalue weighted by Gasteiger charge is 2.09. The summed E-state index contributed by atoms with van der Waals surface area (Å²) < 4.78 is 1.35. The van der Waals surface area contributed by atoms with Crippen LogP contribution >= 0.6 is 22.6 Å². The first-order valence-electron chi connectivity index (χ1n) is 6.37. The van der Waals surface area contributed by atoms with E-state index in [1.807, 2.05) is 0 Å². The van der Waals surface area contributed by atoms with Crippen LogP contribution in [0.3, 0.4) is 0 Å². The van der Waals surface area contributed by atoms with Crippen LogP contribution in [0, 0.1) is 3.57 Å². The van der Waals surface area contributed by atoms with Crippen molar-refractivity contribution in [3.05, 3.63) is 62.2 Å². The SMILES string of the molecule is Nc1cc2c(I)cc1CCc1ccc(cc1)CC2. The lowest BCUT2D eigenvalue weighted by Gasteiger charge is -2.13. The Labute approximate surface area is 122 Å². The summed E-state index contributed by atoms with van der Waals surface area (Å²) in [6.45, 7) is 0. The van der Waals surface area contributed by atoms with Crippen molar-refractivity contribution in [1.82, 2.24) is 0 Å². The summed E-state index contributed by atoms with van der Waals surface area (Å²) in [6, 6.07) is 13.5. The molecule has 2 aromatic carbocycles. The zero-order valence-electron chi connectivity index (χ0n) is 10.2. The number of hydrogen-bond acceptors (Lipinski definition) is 1. The maximum Gasteiger partial charge on any atom is 0.0350 e. The van der Waals surface area contributed by atoms with Gasteiger partial charge < -0.3 is 5.73 Å². The van der Waals surface area contributed by atoms with Crippen molar-refractivity contribution in [2.45, 2.75) is 25.7 Å². The van der Waals surface area contributed by atoms with Crippen molar-refractivity contribution in [1.29, 1.82) is 0 Å². The Hall–Kier alpha value is -1.03. The highest BCUT2D eigenvalue weighted by Crippen LogP contribution is 2.24. The van der Waals surface area contributed by atoms with Crippen molar-refractivity contribution in [3.63, 3.8) is 0 Å². The molecule has 0 amide bonds. The number of nitrogens with two attached hydrogens (primary N) is 1. The van der Waals surface area contributed by atoms with Gasteiger partial charge in [0.1, 0.15) is 0 Å². The number of halogens is 1. The average molecular weight is 349 g/mol. The third-order valence-corrected chi connectivity index (χ3v) is 4.70. The average Bonchev–Trinajstić information content (AvgIpc) is 2.37. The molecule has 1 nitrogen and oxygen atoms in total. The Morgan fingerprint density at radius 2 is 1.33 bits per heavy atom. The Morgan fingerprint density at radius 1 is 0.778 bits per heavy atom. The molecule has 2 N–H and O–H groups in total. The molecule has 4 aliphatic rings. The summed E-state index contributed by atoms with van der Waals surface area (Å²) in [6.07, 6.45) is 4.26. The van der Waals surface area contributed by atoms with E-state index in [9.17, 15) is 0 Å². The Balaban J connectivity index is 2.05. The van der Waals surface area contributed by atoms with Crippen LogP contribution in [0.5, 0.6) is 0 Å². The number of benzene rings is 2. The first kappa shape index (κ1) is 12.0.